The van der Waals surface area contributed by atoms with Crippen molar-refractivity contribution in [1.82, 2.24) is 4.90 Å². The largest absolute Gasteiger partial charge is 0.493 e. The van der Waals surface area contributed by atoms with Crippen molar-refractivity contribution in [3.8, 4) is 34.4 Å². The van der Waals surface area contributed by atoms with Crippen LogP contribution in [0.5, 0.6) is 17.2 Å². The van der Waals surface area contributed by atoms with Gasteiger partial charge >= 0.3 is 0 Å². The Morgan fingerprint density at radius 3 is 2.43 bits per heavy atom. The van der Waals surface area contributed by atoms with Crippen LogP contribution in [0.2, 0.25) is 5.02 Å². The van der Waals surface area contributed by atoms with E-state index in [-0.39, 0.29) is 25.9 Å². The van der Waals surface area contributed by atoms with E-state index < -0.39 is 0 Å². The van der Waals surface area contributed by atoms with Crippen molar-refractivity contribution in [2.24, 2.45) is 0 Å². The highest BCUT2D eigenvalue weighted by Crippen LogP contribution is 2.36. The van der Waals surface area contributed by atoms with Gasteiger partial charge in [-0.1, -0.05) is 54.1 Å². The Morgan fingerprint density at radius 2 is 1.66 bits per heavy atom. The highest BCUT2D eigenvalue weighted by molar-refractivity contribution is 6.32. The zero-order valence-corrected chi connectivity index (χ0v) is 27.9. The smallest absolute Gasteiger partial charge is 0.153 e. The first-order valence-corrected chi connectivity index (χ1v) is 16.4. The number of aliphatic hydroxyl groups is 1. The zero-order valence-electron chi connectivity index (χ0n) is 27.2. The topological polar surface area (TPSA) is 92.0 Å². The number of aldehydes is 1. The van der Waals surface area contributed by atoms with Gasteiger partial charge in [-0.25, -0.2) is 0 Å². The summed E-state index contributed by atoms with van der Waals surface area (Å²) >= 11 is 6.52. The number of likely N-dealkylation sites (tertiary alicyclic amines) is 1. The number of aliphatic hydroxyl groups excluding tert-OH is 1. The number of hydrogen-bond acceptors (Lipinski definition) is 7. The van der Waals surface area contributed by atoms with Crippen LogP contribution in [0.4, 0.5) is 0 Å². The molecule has 47 heavy (non-hydrogen) atoms. The van der Waals surface area contributed by atoms with Crippen molar-refractivity contribution in [2.45, 2.75) is 65.3 Å². The fraction of sp³-hybridized carbons (Fsp3) is 0.333. The second-order valence-corrected chi connectivity index (χ2v) is 12.5. The number of rotatable bonds is 14. The molecule has 5 rings (SSSR count). The van der Waals surface area contributed by atoms with Crippen molar-refractivity contribution in [1.29, 1.82) is 5.26 Å². The second kappa shape index (κ2) is 16.0. The van der Waals surface area contributed by atoms with Crippen LogP contribution < -0.4 is 14.2 Å². The number of nitriles is 1. The van der Waals surface area contributed by atoms with Gasteiger partial charge in [0.15, 0.2) is 6.29 Å². The summed E-state index contributed by atoms with van der Waals surface area (Å²) < 4.78 is 18.4. The Bertz CT molecular complexity index is 1750. The molecule has 0 aromatic heterocycles. The normalized spacial score (nSPS) is 16.1. The lowest BCUT2D eigenvalue weighted by molar-refractivity contribution is 0.111. The molecule has 2 atom stereocenters. The van der Waals surface area contributed by atoms with E-state index in [9.17, 15) is 15.2 Å². The SMILES string of the molecule is Cc1c(COc2cc(OCc3cccc(C#N)c3)c(C=O)cc2Cl)cccc1-c1cccc(OCCCN2C(C)CCC2CO)c1C. The van der Waals surface area contributed by atoms with Crippen LogP contribution in [0.25, 0.3) is 11.1 Å². The van der Waals surface area contributed by atoms with Gasteiger partial charge in [0.25, 0.3) is 0 Å². The molecule has 7 nitrogen and oxygen atoms in total. The van der Waals surface area contributed by atoms with E-state index in [1.54, 1.807) is 30.3 Å². The van der Waals surface area contributed by atoms with Crippen molar-refractivity contribution in [2.75, 3.05) is 19.8 Å². The first-order valence-electron chi connectivity index (χ1n) is 16.0. The molecular formula is C39H41ClN2O5. The van der Waals surface area contributed by atoms with Crippen molar-refractivity contribution in [3.05, 3.63) is 111 Å². The molecule has 244 valence electrons. The third-order valence-electron chi connectivity index (χ3n) is 9.03. The molecule has 0 radical (unpaired) electrons. The quantitative estimate of drug-likeness (QED) is 0.109. The molecule has 0 amide bonds. The first-order chi connectivity index (χ1) is 22.8. The van der Waals surface area contributed by atoms with Crippen LogP contribution in [0.1, 0.15) is 64.4 Å². The second-order valence-electron chi connectivity index (χ2n) is 12.0. The molecule has 0 aliphatic carbocycles. The Hall–Kier alpha value is -4.35. The molecule has 2 unspecified atom stereocenters. The minimum absolute atomic E-state index is 0.183. The molecule has 0 saturated carbocycles. The number of ether oxygens (including phenoxy) is 3. The highest BCUT2D eigenvalue weighted by atomic mass is 35.5. The van der Waals surface area contributed by atoms with E-state index >= 15 is 0 Å². The number of carbonyl (C=O) groups is 1. The molecule has 8 heteroatoms. The lowest BCUT2D eigenvalue weighted by Crippen LogP contribution is -2.37. The van der Waals surface area contributed by atoms with Crippen molar-refractivity contribution >= 4 is 17.9 Å². The summed E-state index contributed by atoms with van der Waals surface area (Å²) in [6.07, 6.45) is 3.78. The molecule has 1 aliphatic heterocycles. The Labute approximate surface area is 282 Å². The summed E-state index contributed by atoms with van der Waals surface area (Å²) in [5.41, 5.74) is 7.01. The molecule has 1 fully saturated rings. The van der Waals surface area contributed by atoms with Crippen molar-refractivity contribution < 1.29 is 24.1 Å². The van der Waals surface area contributed by atoms with Crippen LogP contribution in [-0.4, -0.2) is 48.1 Å². The molecule has 1 N–H and O–H groups in total. The Morgan fingerprint density at radius 1 is 0.915 bits per heavy atom. The van der Waals surface area contributed by atoms with Gasteiger partial charge in [0.2, 0.25) is 0 Å². The zero-order chi connectivity index (χ0) is 33.3. The predicted molar refractivity (Wildman–Crippen MR) is 184 cm³/mol. The molecule has 4 aromatic carbocycles. The van der Waals surface area contributed by atoms with E-state index in [1.165, 1.54) is 0 Å². The molecule has 0 bridgehead atoms. The summed E-state index contributed by atoms with van der Waals surface area (Å²) in [5.74, 6) is 1.62. The van der Waals surface area contributed by atoms with E-state index in [2.05, 4.69) is 43.9 Å². The Balaban J connectivity index is 1.26. The average molecular weight is 653 g/mol. The average Bonchev–Trinajstić information content (AvgIpc) is 3.45. The van der Waals surface area contributed by atoms with Crippen LogP contribution in [0, 0.1) is 25.2 Å². The molecule has 1 aliphatic rings. The summed E-state index contributed by atoms with van der Waals surface area (Å²) in [6.45, 7) is 8.59. The third-order valence-corrected chi connectivity index (χ3v) is 9.32. The van der Waals surface area contributed by atoms with Crippen LogP contribution in [0.15, 0.2) is 72.8 Å². The molecule has 1 heterocycles. The number of halogens is 1. The van der Waals surface area contributed by atoms with Gasteiger partial charge in [0.1, 0.15) is 30.5 Å². The molecule has 4 aromatic rings. The lowest BCUT2D eigenvalue weighted by atomic mass is 9.93. The van der Waals surface area contributed by atoms with E-state index in [1.807, 2.05) is 30.3 Å². The number of hydrogen-bond donors (Lipinski definition) is 1. The summed E-state index contributed by atoms with van der Waals surface area (Å²) in [5, 5.41) is 19.2. The van der Waals surface area contributed by atoms with Crippen molar-refractivity contribution in [3.63, 3.8) is 0 Å². The number of carbonyl (C=O) groups excluding carboxylic acids is 1. The van der Waals surface area contributed by atoms with Gasteiger partial charge in [-0.15, -0.1) is 0 Å². The minimum atomic E-state index is 0.183. The molecule has 0 spiro atoms. The van der Waals surface area contributed by atoms with Gasteiger partial charge in [-0.2, -0.15) is 5.26 Å². The minimum Gasteiger partial charge on any atom is -0.493 e. The first kappa shape index (κ1) is 34.0. The fourth-order valence-corrected chi connectivity index (χ4v) is 6.50. The molecule has 1 saturated heterocycles. The highest BCUT2D eigenvalue weighted by Gasteiger charge is 2.29. The predicted octanol–water partition coefficient (Wildman–Crippen LogP) is 8.08. The van der Waals surface area contributed by atoms with E-state index in [0.717, 1.165) is 64.9 Å². The molecular weight excluding hydrogens is 612 g/mol. The van der Waals surface area contributed by atoms with Gasteiger partial charge in [-0.3, -0.25) is 9.69 Å². The third kappa shape index (κ3) is 8.15. The van der Waals surface area contributed by atoms with Gasteiger partial charge in [0.05, 0.1) is 35.4 Å². The van der Waals surface area contributed by atoms with E-state index in [4.69, 9.17) is 25.8 Å². The van der Waals surface area contributed by atoms with Crippen LogP contribution >= 0.6 is 11.6 Å². The van der Waals surface area contributed by atoms with Gasteiger partial charge in [0, 0.05) is 24.7 Å². The number of benzene rings is 4. The maximum atomic E-state index is 11.8. The summed E-state index contributed by atoms with van der Waals surface area (Å²) in [6, 6.07) is 25.5. The lowest BCUT2D eigenvalue weighted by Gasteiger charge is -2.27. The van der Waals surface area contributed by atoms with Gasteiger partial charge < -0.3 is 19.3 Å². The maximum absolute atomic E-state index is 11.8. The van der Waals surface area contributed by atoms with Crippen LogP contribution in [0.3, 0.4) is 0 Å². The standard InChI is InChI=1S/C39H41ClN2O5/c1-26-14-15-33(23-44)42(26)16-7-17-45-37-13-6-12-35(28(37)3)34-11-5-10-31(27(34)2)25-47-39-20-38(32(22-43)19-36(39)40)46-24-30-9-4-8-29(18-30)21-41/h4-6,8-13,18-20,22,26,33,44H,7,14-17,23-25H2,1-3H3. The fourth-order valence-electron chi connectivity index (χ4n) is 6.27. The van der Waals surface area contributed by atoms with Gasteiger partial charge in [-0.05, 0) is 97.7 Å². The number of nitrogens with zero attached hydrogens (tertiary/aromatic N) is 2. The summed E-state index contributed by atoms with van der Waals surface area (Å²) in [4.78, 5) is 14.2. The maximum Gasteiger partial charge on any atom is 0.153 e. The van der Waals surface area contributed by atoms with Crippen LogP contribution in [-0.2, 0) is 13.2 Å². The summed E-state index contributed by atoms with van der Waals surface area (Å²) in [7, 11) is 0. The van der Waals surface area contributed by atoms with E-state index in [0.29, 0.717) is 46.6 Å². The monoisotopic (exact) mass is 652 g/mol. The Kier molecular flexibility index (Phi) is 11.6.